The van der Waals surface area contributed by atoms with Gasteiger partial charge >= 0.3 is 0 Å². The third-order valence-corrected chi connectivity index (χ3v) is 4.15. The Labute approximate surface area is 90.3 Å². The van der Waals surface area contributed by atoms with Gasteiger partial charge in [-0.1, -0.05) is 6.92 Å². The first-order valence-corrected chi connectivity index (χ1v) is 6.40. The summed E-state index contributed by atoms with van der Waals surface area (Å²) in [6, 6.07) is -0.0660. The standard InChI is InChI=1S/C9H17N3O2S/c1-5-6(2)12-15(13,14)9-7(3)10-11-8(9)4/h6,12H,5H2,1-4H3,(H,10,11). The molecule has 0 spiro atoms. The molecule has 1 rings (SSSR count). The number of hydrogen-bond donors (Lipinski definition) is 2. The molecule has 0 fully saturated rings. The van der Waals surface area contributed by atoms with Gasteiger partial charge in [-0.3, -0.25) is 5.10 Å². The summed E-state index contributed by atoms with van der Waals surface area (Å²) < 4.78 is 26.5. The van der Waals surface area contributed by atoms with Crippen LogP contribution in [0.5, 0.6) is 0 Å². The summed E-state index contributed by atoms with van der Waals surface area (Å²) in [4.78, 5) is 0.266. The molecule has 1 heterocycles. The van der Waals surface area contributed by atoms with E-state index in [1.54, 1.807) is 13.8 Å². The molecule has 2 N–H and O–H groups in total. The van der Waals surface area contributed by atoms with Crippen molar-refractivity contribution in [1.82, 2.24) is 14.9 Å². The summed E-state index contributed by atoms with van der Waals surface area (Å²) in [5, 5.41) is 6.54. The van der Waals surface area contributed by atoms with E-state index in [4.69, 9.17) is 0 Å². The van der Waals surface area contributed by atoms with Crippen molar-refractivity contribution < 1.29 is 8.42 Å². The van der Waals surface area contributed by atoms with Gasteiger partial charge in [0.1, 0.15) is 4.90 Å². The van der Waals surface area contributed by atoms with Crippen LogP contribution in [0.1, 0.15) is 31.7 Å². The zero-order valence-corrected chi connectivity index (χ0v) is 10.3. The molecular weight excluding hydrogens is 214 g/mol. The molecule has 1 aromatic heterocycles. The van der Waals surface area contributed by atoms with E-state index in [1.165, 1.54) is 0 Å². The molecule has 1 atom stereocenters. The maximum Gasteiger partial charge on any atom is 0.244 e. The van der Waals surface area contributed by atoms with E-state index >= 15 is 0 Å². The van der Waals surface area contributed by atoms with Crippen molar-refractivity contribution in [3.8, 4) is 0 Å². The van der Waals surface area contributed by atoms with Gasteiger partial charge in [0.05, 0.1) is 11.4 Å². The summed E-state index contributed by atoms with van der Waals surface area (Å²) in [5.41, 5.74) is 1.08. The summed E-state index contributed by atoms with van der Waals surface area (Å²) in [5.74, 6) is 0. The molecule has 0 aliphatic heterocycles. The zero-order valence-electron chi connectivity index (χ0n) is 9.46. The van der Waals surface area contributed by atoms with Crippen LogP contribution in [0.2, 0.25) is 0 Å². The molecule has 1 unspecified atom stereocenters. The van der Waals surface area contributed by atoms with Crippen molar-refractivity contribution in [3.63, 3.8) is 0 Å². The van der Waals surface area contributed by atoms with Crippen LogP contribution in [-0.4, -0.2) is 24.7 Å². The van der Waals surface area contributed by atoms with Crippen LogP contribution in [0, 0.1) is 13.8 Å². The Morgan fingerprint density at radius 3 is 2.47 bits per heavy atom. The number of nitrogens with one attached hydrogen (secondary N) is 2. The first-order chi connectivity index (χ1) is 6.88. The van der Waals surface area contributed by atoms with Gasteiger partial charge in [0.15, 0.2) is 0 Å². The lowest BCUT2D eigenvalue weighted by atomic mass is 10.3. The maximum atomic E-state index is 11.9. The monoisotopic (exact) mass is 231 g/mol. The second kappa shape index (κ2) is 4.32. The molecule has 5 nitrogen and oxygen atoms in total. The van der Waals surface area contributed by atoms with Gasteiger partial charge in [-0.2, -0.15) is 5.10 Å². The van der Waals surface area contributed by atoms with Gasteiger partial charge in [-0.05, 0) is 27.2 Å². The highest BCUT2D eigenvalue weighted by molar-refractivity contribution is 7.89. The lowest BCUT2D eigenvalue weighted by Crippen LogP contribution is -2.32. The number of hydrogen-bond acceptors (Lipinski definition) is 3. The molecule has 1 aromatic rings. The Morgan fingerprint density at radius 2 is 2.07 bits per heavy atom. The first-order valence-electron chi connectivity index (χ1n) is 4.92. The quantitative estimate of drug-likeness (QED) is 0.815. The Hall–Kier alpha value is -0.880. The molecule has 86 valence electrons. The molecule has 0 radical (unpaired) electrons. The average molecular weight is 231 g/mol. The average Bonchev–Trinajstić information content (AvgIpc) is 2.45. The summed E-state index contributed by atoms with van der Waals surface area (Å²) in [6.45, 7) is 7.14. The summed E-state index contributed by atoms with van der Waals surface area (Å²) >= 11 is 0. The van der Waals surface area contributed by atoms with Crippen LogP contribution in [-0.2, 0) is 10.0 Å². The van der Waals surface area contributed by atoms with E-state index in [0.717, 1.165) is 6.42 Å². The van der Waals surface area contributed by atoms with Gasteiger partial charge in [-0.25, -0.2) is 13.1 Å². The number of H-pyrrole nitrogens is 1. The fourth-order valence-corrected chi connectivity index (χ4v) is 3.04. The van der Waals surface area contributed by atoms with Crippen LogP contribution in [0.3, 0.4) is 0 Å². The Kier molecular flexibility index (Phi) is 3.51. The van der Waals surface area contributed by atoms with Crippen molar-refractivity contribution in [2.24, 2.45) is 0 Å². The predicted octanol–water partition coefficient (Wildman–Crippen LogP) is 1.10. The third-order valence-electron chi connectivity index (χ3n) is 2.30. The van der Waals surface area contributed by atoms with E-state index in [2.05, 4.69) is 14.9 Å². The smallest absolute Gasteiger partial charge is 0.244 e. The van der Waals surface area contributed by atoms with Gasteiger partial charge in [-0.15, -0.1) is 0 Å². The van der Waals surface area contributed by atoms with E-state index in [0.29, 0.717) is 11.4 Å². The van der Waals surface area contributed by atoms with Crippen LogP contribution in [0.4, 0.5) is 0 Å². The minimum Gasteiger partial charge on any atom is -0.281 e. The Bertz CT molecular complexity index is 417. The highest BCUT2D eigenvalue weighted by Gasteiger charge is 2.23. The van der Waals surface area contributed by atoms with Crippen LogP contribution in [0.15, 0.2) is 4.90 Å². The number of aryl methyl sites for hydroxylation is 2. The molecule has 0 saturated carbocycles. The number of aromatic amines is 1. The molecule has 0 aliphatic carbocycles. The predicted molar refractivity (Wildman–Crippen MR) is 58.1 cm³/mol. The van der Waals surface area contributed by atoms with Crippen molar-refractivity contribution in [3.05, 3.63) is 11.4 Å². The molecule has 15 heavy (non-hydrogen) atoms. The topological polar surface area (TPSA) is 74.8 Å². The normalized spacial score (nSPS) is 14.1. The largest absolute Gasteiger partial charge is 0.281 e. The zero-order chi connectivity index (χ0) is 11.6. The van der Waals surface area contributed by atoms with Crippen molar-refractivity contribution in [2.45, 2.75) is 45.1 Å². The molecule has 6 heteroatoms. The maximum absolute atomic E-state index is 11.9. The highest BCUT2D eigenvalue weighted by Crippen LogP contribution is 2.16. The van der Waals surface area contributed by atoms with Crippen LogP contribution in [0.25, 0.3) is 0 Å². The minimum absolute atomic E-state index is 0.0660. The summed E-state index contributed by atoms with van der Waals surface area (Å²) in [6.07, 6.45) is 0.759. The SMILES string of the molecule is CCC(C)NS(=O)(=O)c1c(C)n[nH]c1C. The van der Waals surface area contributed by atoms with Gasteiger partial charge < -0.3 is 0 Å². The summed E-state index contributed by atoms with van der Waals surface area (Å²) in [7, 11) is -3.43. The van der Waals surface area contributed by atoms with Gasteiger partial charge in [0.25, 0.3) is 0 Å². The second-order valence-corrected chi connectivity index (χ2v) is 5.34. The Morgan fingerprint density at radius 1 is 1.47 bits per heavy atom. The molecular formula is C9H17N3O2S. The van der Waals surface area contributed by atoms with E-state index in [1.807, 2.05) is 13.8 Å². The molecule has 0 aromatic carbocycles. The van der Waals surface area contributed by atoms with Gasteiger partial charge in [0, 0.05) is 6.04 Å². The van der Waals surface area contributed by atoms with Crippen molar-refractivity contribution >= 4 is 10.0 Å². The van der Waals surface area contributed by atoms with E-state index < -0.39 is 10.0 Å². The molecule has 0 aliphatic rings. The van der Waals surface area contributed by atoms with Crippen LogP contribution >= 0.6 is 0 Å². The van der Waals surface area contributed by atoms with Crippen molar-refractivity contribution in [2.75, 3.05) is 0 Å². The lowest BCUT2D eigenvalue weighted by Gasteiger charge is -2.11. The fourth-order valence-electron chi connectivity index (χ4n) is 1.34. The Balaban J connectivity index is 3.07. The second-order valence-electron chi connectivity index (χ2n) is 3.69. The minimum atomic E-state index is -3.43. The number of sulfonamides is 1. The molecule has 0 bridgehead atoms. The lowest BCUT2D eigenvalue weighted by molar-refractivity contribution is 0.555. The van der Waals surface area contributed by atoms with Crippen molar-refractivity contribution in [1.29, 1.82) is 0 Å². The molecule has 0 amide bonds. The first kappa shape index (κ1) is 12.2. The highest BCUT2D eigenvalue weighted by atomic mass is 32.2. The molecule has 0 saturated heterocycles. The fraction of sp³-hybridized carbons (Fsp3) is 0.667. The third kappa shape index (κ3) is 2.57. The van der Waals surface area contributed by atoms with Gasteiger partial charge in [0.2, 0.25) is 10.0 Å². The number of rotatable bonds is 4. The number of aromatic nitrogens is 2. The van der Waals surface area contributed by atoms with E-state index in [9.17, 15) is 8.42 Å². The van der Waals surface area contributed by atoms with Crippen LogP contribution < -0.4 is 4.72 Å². The number of nitrogens with zero attached hydrogens (tertiary/aromatic N) is 1. The van der Waals surface area contributed by atoms with E-state index in [-0.39, 0.29) is 10.9 Å².